The van der Waals surface area contributed by atoms with Gasteiger partial charge >= 0.3 is 5.97 Å². The van der Waals surface area contributed by atoms with E-state index in [1.807, 2.05) is 13.8 Å². The number of phenolic OH excluding ortho intramolecular Hbond substituents is 1. The fourth-order valence-electron chi connectivity index (χ4n) is 1.44. The van der Waals surface area contributed by atoms with Crippen molar-refractivity contribution < 1.29 is 15.0 Å². The summed E-state index contributed by atoms with van der Waals surface area (Å²) in [4.78, 5) is 10.8. The Morgan fingerprint density at radius 3 is 2.12 bits per heavy atom. The lowest BCUT2D eigenvalue weighted by Gasteiger charge is -2.24. The Morgan fingerprint density at radius 1 is 1.31 bits per heavy atom. The van der Waals surface area contributed by atoms with Gasteiger partial charge in [0.25, 0.3) is 0 Å². The van der Waals surface area contributed by atoms with E-state index in [0.29, 0.717) is 8.95 Å². The standard InChI is InChI=1S/C11H12Br2O3/c1-11(2,5-9(14)15)6-3-7(12)10(16)8(13)4-6/h3-4,16H,5H2,1-2H3,(H,14,15). The number of hydrogen-bond donors (Lipinski definition) is 2. The fraction of sp³-hybridized carbons (Fsp3) is 0.364. The number of aromatic hydroxyl groups is 1. The molecule has 2 N–H and O–H groups in total. The summed E-state index contributed by atoms with van der Waals surface area (Å²) in [5.41, 5.74) is 0.372. The van der Waals surface area contributed by atoms with Gasteiger partial charge < -0.3 is 10.2 Å². The predicted molar refractivity (Wildman–Crippen MR) is 68.8 cm³/mol. The highest BCUT2D eigenvalue weighted by Gasteiger charge is 2.25. The highest BCUT2D eigenvalue weighted by molar-refractivity contribution is 9.11. The molecule has 0 radical (unpaired) electrons. The van der Waals surface area contributed by atoms with Crippen molar-refractivity contribution in [2.45, 2.75) is 25.7 Å². The molecule has 0 saturated heterocycles. The molecular formula is C11H12Br2O3. The first kappa shape index (κ1) is 13.5. The maximum absolute atomic E-state index is 10.8. The zero-order valence-corrected chi connectivity index (χ0v) is 12.1. The second-order valence-electron chi connectivity index (χ2n) is 4.24. The van der Waals surface area contributed by atoms with Crippen LogP contribution in [0.3, 0.4) is 0 Å². The Bertz CT molecular complexity index is 404. The molecule has 0 spiro atoms. The number of phenols is 1. The van der Waals surface area contributed by atoms with Crippen molar-refractivity contribution >= 4 is 37.8 Å². The normalized spacial score (nSPS) is 11.5. The van der Waals surface area contributed by atoms with Gasteiger partial charge in [-0.3, -0.25) is 4.79 Å². The zero-order valence-electron chi connectivity index (χ0n) is 8.92. The largest absolute Gasteiger partial charge is 0.506 e. The van der Waals surface area contributed by atoms with Crippen LogP contribution in [0.5, 0.6) is 5.75 Å². The zero-order chi connectivity index (χ0) is 12.5. The number of halogens is 2. The molecule has 1 aromatic carbocycles. The molecule has 88 valence electrons. The van der Waals surface area contributed by atoms with Crippen LogP contribution in [0.15, 0.2) is 21.1 Å². The molecule has 0 bridgehead atoms. The van der Waals surface area contributed by atoms with Crippen LogP contribution >= 0.6 is 31.9 Å². The summed E-state index contributed by atoms with van der Waals surface area (Å²) in [6.45, 7) is 3.71. The van der Waals surface area contributed by atoms with Gasteiger partial charge in [-0.25, -0.2) is 0 Å². The third kappa shape index (κ3) is 2.98. The van der Waals surface area contributed by atoms with E-state index in [9.17, 15) is 9.90 Å². The SMILES string of the molecule is CC(C)(CC(=O)O)c1cc(Br)c(O)c(Br)c1. The maximum Gasteiger partial charge on any atom is 0.304 e. The molecule has 0 aliphatic rings. The quantitative estimate of drug-likeness (QED) is 0.873. The molecule has 0 amide bonds. The molecule has 0 fully saturated rings. The highest BCUT2D eigenvalue weighted by Crippen LogP contribution is 2.38. The van der Waals surface area contributed by atoms with Crippen molar-refractivity contribution in [1.29, 1.82) is 0 Å². The maximum atomic E-state index is 10.8. The van der Waals surface area contributed by atoms with Crippen LogP contribution in [0.2, 0.25) is 0 Å². The first-order valence-electron chi connectivity index (χ1n) is 4.64. The summed E-state index contributed by atoms with van der Waals surface area (Å²) in [6.07, 6.45) is 0.0383. The fourth-order valence-corrected chi connectivity index (χ4v) is 2.62. The van der Waals surface area contributed by atoms with Crippen LogP contribution in [-0.2, 0) is 10.2 Å². The molecule has 1 aromatic rings. The molecule has 0 aliphatic heterocycles. The Hall–Kier alpha value is -0.550. The molecule has 1 rings (SSSR count). The van der Waals surface area contributed by atoms with Crippen molar-refractivity contribution in [3.05, 3.63) is 26.6 Å². The molecule has 16 heavy (non-hydrogen) atoms. The molecule has 0 unspecified atom stereocenters. The van der Waals surface area contributed by atoms with E-state index >= 15 is 0 Å². The lowest BCUT2D eigenvalue weighted by Crippen LogP contribution is -2.21. The molecule has 5 heteroatoms. The van der Waals surface area contributed by atoms with Crippen molar-refractivity contribution in [2.24, 2.45) is 0 Å². The highest BCUT2D eigenvalue weighted by atomic mass is 79.9. The minimum absolute atomic E-state index is 0.0383. The Morgan fingerprint density at radius 2 is 1.75 bits per heavy atom. The number of carbonyl (C=O) groups is 1. The second kappa shape index (κ2) is 4.75. The Labute approximate surface area is 111 Å². The molecular weight excluding hydrogens is 340 g/mol. The van der Waals surface area contributed by atoms with Gasteiger partial charge in [0, 0.05) is 5.41 Å². The number of hydrogen-bond acceptors (Lipinski definition) is 2. The molecule has 0 heterocycles. The first-order valence-corrected chi connectivity index (χ1v) is 6.23. The van der Waals surface area contributed by atoms with Gasteiger partial charge in [-0.15, -0.1) is 0 Å². The molecule has 0 saturated carbocycles. The van der Waals surface area contributed by atoms with Crippen molar-refractivity contribution in [1.82, 2.24) is 0 Å². The van der Waals surface area contributed by atoms with Gasteiger partial charge in [0.15, 0.2) is 0 Å². The summed E-state index contributed by atoms with van der Waals surface area (Å²) >= 11 is 6.46. The van der Waals surface area contributed by atoms with E-state index in [4.69, 9.17) is 5.11 Å². The molecule has 3 nitrogen and oxygen atoms in total. The van der Waals surface area contributed by atoms with E-state index < -0.39 is 11.4 Å². The summed E-state index contributed by atoms with van der Waals surface area (Å²) < 4.78 is 1.10. The van der Waals surface area contributed by atoms with Crippen LogP contribution < -0.4 is 0 Å². The van der Waals surface area contributed by atoms with Crippen molar-refractivity contribution in [3.63, 3.8) is 0 Å². The third-order valence-corrected chi connectivity index (χ3v) is 3.60. The topological polar surface area (TPSA) is 57.5 Å². The lowest BCUT2D eigenvalue weighted by atomic mass is 9.81. The van der Waals surface area contributed by atoms with Crippen LogP contribution in [0, 0.1) is 0 Å². The van der Waals surface area contributed by atoms with Gasteiger partial charge in [0.2, 0.25) is 0 Å². The number of carboxylic acid groups (broad SMARTS) is 1. The minimum Gasteiger partial charge on any atom is -0.506 e. The van der Waals surface area contributed by atoms with Crippen LogP contribution in [0.4, 0.5) is 0 Å². The van der Waals surface area contributed by atoms with Crippen molar-refractivity contribution in [3.8, 4) is 5.75 Å². The smallest absolute Gasteiger partial charge is 0.304 e. The van der Waals surface area contributed by atoms with E-state index in [0.717, 1.165) is 5.56 Å². The summed E-state index contributed by atoms with van der Waals surface area (Å²) in [6, 6.07) is 3.48. The van der Waals surface area contributed by atoms with Crippen LogP contribution in [0.25, 0.3) is 0 Å². The Kier molecular flexibility index (Phi) is 4.02. The first-order chi connectivity index (χ1) is 7.24. The van der Waals surface area contributed by atoms with E-state index in [2.05, 4.69) is 31.9 Å². The van der Waals surface area contributed by atoms with Crippen LogP contribution in [-0.4, -0.2) is 16.2 Å². The molecule has 0 aliphatic carbocycles. The van der Waals surface area contributed by atoms with Crippen molar-refractivity contribution in [2.75, 3.05) is 0 Å². The van der Waals surface area contributed by atoms with Gasteiger partial charge in [0.05, 0.1) is 15.4 Å². The van der Waals surface area contributed by atoms with E-state index in [-0.39, 0.29) is 12.2 Å². The van der Waals surface area contributed by atoms with E-state index in [1.54, 1.807) is 12.1 Å². The number of aliphatic carboxylic acids is 1. The average Bonchev–Trinajstić information content (AvgIpc) is 2.11. The average molecular weight is 352 g/mol. The summed E-state index contributed by atoms with van der Waals surface area (Å²) in [7, 11) is 0. The Balaban J connectivity index is 3.18. The lowest BCUT2D eigenvalue weighted by molar-refractivity contribution is -0.138. The predicted octanol–water partition coefficient (Wildman–Crippen LogP) is 3.67. The minimum atomic E-state index is -0.842. The summed E-state index contributed by atoms with van der Waals surface area (Å²) in [5, 5.41) is 18.4. The third-order valence-electron chi connectivity index (χ3n) is 2.39. The van der Waals surface area contributed by atoms with Crippen LogP contribution in [0.1, 0.15) is 25.8 Å². The summed E-state index contributed by atoms with van der Waals surface area (Å²) in [5.74, 6) is -0.722. The van der Waals surface area contributed by atoms with Gasteiger partial charge in [-0.1, -0.05) is 13.8 Å². The van der Waals surface area contributed by atoms with Gasteiger partial charge in [-0.05, 0) is 49.6 Å². The second-order valence-corrected chi connectivity index (χ2v) is 5.95. The number of rotatable bonds is 3. The molecule has 0 atom stereocenters. The molecule has 0 aromatic heterocycles. The van der Waals surface area contributed by atoms with Gasteiger partial charge in [0.1, 0.15) is 5.75 Å². The monoisotopic (exact) mass is 350 g/mol. The number of benzene rings is 1. The van der Waals surface area contributed by atoms with Gasteiger partial charge in [-0.2, -0.15) is 0 Å². The number of carboxylic acids is 1. The van der Waals surface area contributed by atoms with E-state index in [1.165, 1.54) is 0 Å².